The summed E-state index contributed by atoms with van der Waals surface area (Å²) in [6, 6.07) is 20.1. The van der Waals surface area contributed by atoms with Gasteiger partial charge in [-0.1, -0.05) is 18.2 Å². The molecular weight excluding hydrogens is 392 g/mol. The molecule has 152 valence electrons. The Morgan fingerprint density at radius 2 is 1.84 bits per heavy atom. The van der Waals surface area contributed by atoms with Crippen LogP contribution in [0.3, 0.4) is 0 Å². The minimum atomic E-state index is -0.315. The van der Waals surface area contributed by atoms with Gasteiger partial charge in [0.2, 0.25) is 11.8 Å². The maximum absolute atomic E-state index is 12.5. The quantitative estimate of drug-likeness (QED) is 0.481. The largest absolute Gasteiger partial charge is 0.436 e. The van der Waals surface area contributed by atoms with Gasteiger partial charge < -0.3 is 9.73 Å². The van der Waals surface area contributed by atoms with Crippen molar-refractivity contribution in [3.8, 4) is 11.5 Å². The van der Waals surface area contributed by atoms with Crippen molar-refractivity contribution in [2.24, 2.45) is 0 Å². The van der Waals surface area contributed by atoms with E-state index in [4.69, 9.17) is 4.42 Å². The van der Waals surface area contributed by atoms with Gasteiger partial charge in [-0.05, 0) is 61.0 Å². The van der Waals surface area contributed by atoms with E-state index in [2.05, 4.69) is 15.3 Å². The second kappa shape index (κ2) is 7.53. The van der Waals surface area contributed by atoms with Gasteiger partial charge in [0, 0.05) is 11.3 Å². The van der Waals surface area contributed by atoms with Crippen LogP contribution < -0.4 is 10.9 Å². The number of hydrogen-bond acceptors (Lipinski definition) is 5. The topological polar surface area (TPSA) is 90.0 Å². The average molecular weight is 410 g/mol. The van der Waals surface area contributed by atoms with Crippen LogP contribution in [0.15, 0.2) is 82.3 Å². The van der Waals surface area contributed by atoms with Crippen molar-refractivity contribution in [2.75, 3.05) is 5.32 Å². The Kier molecular flexibility index (Phi) is 4.55. The molecule has 0 fully saturated rings. The second-order valence-electron chi connectivity index (χ2n) is 7.31. The number of carbonyl (C=O) groups excluding carboxylic acids is 1. The highest BCUT2D eigenvalue weighted by Gasteiger charge is 2.11. The zero-order chi connectivity index (χ0) is 21.4. The Hall–Kier alpha value is -4.26. The average Bonchev–Trinajstić information content (AvgIpc) is 3.19. The molecule has 5 aromatic rings. The molecule has 0 spiro atoms. The minimum absolute atomic E-state index is 0.122. The summed E-state index contributed by atoms with van der Waals surface area (Å²) in [5, 5.41) is 3.28. The Labute approximate surface area is 177 Å². The first kappa shape index (κ1) is 18.7. The number of anilines is 1. The van der Waals surface area contributed by atoms with Crippen molar-refractivity contribution in [3.63, 3.8) is 0 Å². The fourth-order valence-corrected chi connectivity index (χ4v) is 3.43. The summed E-state index contributed by atoms with van der Waals surface area (Å²) < 4.78 is 7.11. The molecule has 0 aliphatic carbocycles. The van der Waals surface area contributed by atoms with E-state index in [1.807, 2.05) is 43.3 Å². The Balaban J connectivity index is 1.32. The third-order valence-electron chi connectivity index (χ3n) is 5.00. The Bertz CT molecular complexity index is 1480. The predicted molar refractivity (Wildman–Crippen MR) is 119 cm³/mol. The zero-order valence-corrected chi connectivity index (χ0v) is 16.7. The van der Waals surface area contributed by atoms with Crippen LogP contribution in [0.1, 0.15) is 5.56 Å². The molecule has 0 radical (unpaired) electrons. The summed E-state index contributed by atoms with van der Waals surface area (Å²) in [5.41, 5.74) is 4.43. The molecule has 31 heavy (non-hydrogen) atoms. The number of rotatable bonds is 4. The summed E-state index contributed by atoms with van der Waals surface area (Å²) in [5.74, 6) is 0.205. The van der Waals surface area contributed by atoms with Crippen molar-refractivity contribution in [3.05, 3.63) is 89.0 Å². The van der Waals surface area contributed by atoms with Gasteiger partial charge in [0.1, 0.15) is 12.1 Å². The van der Waals surface area contributed by atoms with Gasteiger partial charge >= 0.3 is 0 Å². The first-order valence-corrected chi connectivity index (χ1v) is 9.78. The monoisotopic (exact) mass is 410 g/mol. The molecule has 0 aliphatic heterocycles. The fourth-order valence-electron chi connectivity index (χ4n) is 3.43. The summed E-state index contributed by atoms with van der Waals surface area (Å²) >= 11 is 0. The van der Waals surface area contributed by atoms with Crippen molar-refractivity contribution < 1.29 is 9.21 Å². The van der Waals surface area contributed by atoms with Crippen LogP contribution in [-0.4, -0.2) is 20.4 Å². The summed E-state index contributed by atoms with van der Waals surface area (Å²) in [6.45, 7) is 1.89. The molecule has 0 bridgehead atoms. The number of nitrogens with zero attached hydrogens (tertiary/aromatic N) is 3. The number of amides is 1. The van der Waals surface area contributed by atoms with Gasteiger partial charge in [0.25, 0.3) is 5.56 Å². The predicted octanol–water partition coefficient (Wildman–Crippen LogP) is 4.15. The van der Waals surface area contributed by atoms with Crippen LogP contribution in [0.25, 0.3) is 33.5 Å². The molecule has 3 aromatic carbocycles. The number of fused-ring (bicyclic) bond motifs is 2. The van der Waals surface area contributed by atoms with E-state index in [0.29, 0.717) is 22.5 Å². The molecule has 0 unspecified atom stereocenters. The van der Waals surface area contributed by atoms with Crippen LogP contribution in [0.5, 0.6) is 0 Å². The van der Waals surface area contributed by atoms with Crippen LogP contribution in [0, 0.1) is 6.92 Å². The normalized spacial score (nSPS) is 11.1. The number of nitrogens with one attached hydrogen (secondary N) is 1. The third-order valence-corrected chi connectivity index (χ3v) is 5.00. The number of benzene rings is 3. The number of carbonyl (C=O) groups is 1. The summed E-state index contributed by atoms with van der Waals surface area (Å²) in [4.78, 5) is 33.7. The Morgan fingerprint density at radius 1 is 1.03 bits per heavy atom. The van der Waals surface area contributed by atoms with Gasteiger partial charge in [-0.3, -0.25) is 14.2 Å². The first-order valence-electron chi connectivity index (χ1n) is 9.78. The lowest BCUT2D eigenvalue weighted by Crippen LogP contribution is -2.27. The summed E-state index contributed by atoms with van der Waals surface area (Å²) in [6.07, 6.45) is 1.39. The molecule has 2 aromatic heterocycles. The Morgan fingerprint density at radius 3 is 2.68 bits per heavy atom. The molecule has 1 amide bonds. The van der Waals surface area contributed by atoms with Gasteiger partial charge in [-0.2, -0.15) is 0 Å². The van der Waals surface area contributed by atoms with E-state index in [1.165, 1.54) is 10.9 Å². The molecule has 0 aliphatic rings. The maximum Gasteiger partial charge on any atom is 0.261 e. The second-order valence-corrected chi connectivity index (χ2v) is 7.31. The van der Waals surface area contributed by atoms with Crippen molar-refractivity contribution in [1.29, 1.82) is 0 Å². The smallest absolute Gasteiger partial charge is 0.261 e. The van der Waals surface area contributed by atoms with Crippen molar-refractivity contribution in [1.82, 2.24) is 14.5 Å². The lowest BCUT2D eigenvalue weighted by atomic mass is 10.2. The van der Waals surface area contributed by atoms with Crippen LogP contribution in [0.4, 0.5) is 5.69 Å². The van der Waals surface area contributed by atoms with Crippen LogP contribution in [-0.2, 0) is 11.3 Å². The third kappa shape index (κ3) is 3.69. The van der Waals surface area contributed by atoms with E-state index in [9.17, 15) is 9.59 Å². The molecule has 5 rings (SSSR count). The number of hydrogen-bond donors (Lipinski definition) is 1. The molecule has 0 atom stereocenters. The van der Waals surface area contributed by atoms with Crippen molar-refractivity contribution in [2.45, 2.75) is 13.5 Å². The van der Waals surface area contributed by atoms with Gasteiger partial charge in [0.15, 0.2) is 5.58 Å². The van der Waals surface area contributed by atoms with E-state index in [0.717, 1.165) is 22.2 Å². The van der Waals surface area contributed by atoms with Gasteiger partial charge in [-0.15, -0.1) is 0 Å². The highest BCUT2D eigenvalue weighted by atomic mass is 16.3. The van der Waals surface area contributed by atoms with E-state index in [1.54, 1.807) is 30.3 Å². The van der Waals surface area contributed by atoms with Gasteiger partial charge in [-0.25, -0.2) is 9.97 Å². The molecule has 1 N–H and O–H groups in total. The standard InChI is InChI=1S/C24H18N4O3/c1-15-6-11-21-20(12-15)27-23(31-21)16-7-9-17(10-8-16)26-22(29)13-28-14-25-19-5-3-2-4-18(19)24(28)30/h2-12,14H,13H2,1H3,(H,26,29). The van der Waals surface area contributed by atoms with Crippen molar-refractivity contribution >= 4 is 33.6 Å². The highest BCUT2D eigenvalue weighted by molar-refractivity contribution is 5.91. The highest BCUT2D eigenvalue weighted by Crippen LogP contribution is 2.26. The maximum atomic E-state index is 12.5. The molecule has 0 saturated carbocycles. The SMILES string of the molecule is Cc1ccc2oc(-c3ccc(NC(=O)Cn4cnc5ccccc5c4=O)cc3)nc2c1. The van der Waals surface area contributed by atoms with Gasteiger partial charge in [0.05, 0.1) is 17.2 Å². The molecule has 7 heteroatoms. The molecule has 2 heterocycles. The van der Waals surface area contributed by atoms with E-state index < -0.39 is 0 Å². The lowest BCUT2D eigenvalue weighted by Gasteiger charge is -2.08. The fraction of sp³-hybridized carbons (Fsp3) is 0.0833. The number of aromatic nitrogens is 3. The number of oxazole rings is 1. The lowest BCUT2D eigenvalue weighted by molar-refractivity contribution is -0.116. The first-order chi connectivity index (χ1) is 15.1. The van der Waals surface area contributed by atoms with E-state index in [-0.39, 0.29) is 18.0 Å². The minimum Gasteiger partial charge on any atom is -0.436 e. The number of aryl methyl sites for hydroxylation is 1. The van der Waals surface area contributed by atoms with Crippen LogP contribution >= 0.6 is 0 Å². The molecule has 7 nitrogen and oxygen atoms in total. The number of para-hydroxylation sites is 1. The van der Waals surface area contributed by atoms with Crippen LogP contribution in [0.2, 0.25) is 0 Å². The molecular formula is C24H18N4O3. The zero-order valence-electron chi connectivity index (χ0n) is 16.7. The van der Waals surface area contributed by atoms with E-state index >= 15 is 0 Å². The summed E-state index contributed by atoms with van der Waals surface area (Å²) in [7, 11) is 0. The molecule has 0 saturated heterocycles.